The van der Waals surface area contributed by atoms with Crippen molar-refractivity contribution in [1.82, 2.24) is 9.97 Å². The number of para-hydroxylation sites is 1. The van der Waals surface area contributed by atoms with Gasteiger partial charge in [-0.25, -0.2) is 9.97 Å². The molecule has 0 atom stereocenters. The lowest BCUT2D eigenvalue weighted by Crippen LogP contribution is -2.14. The number of nitrogens with zero attached hydrogens (tertiary/aromatic N) is 3. The van der Waals surface area contributed by atoms with Crippen molar-refractivity contribution in [1.29, 1.82) is 0 Å². The van der Waals surface area contributed by atoms with Crippen LogP contribution >= 0.6 is 0 Å². The number of anilines is 3. The molecule has 4 heteroatoms. The third-order valence-corrected chi connectivity index (χ3v) is 3.87. The van der Waals surface area contributed by atoms with Crippen molar-refractivity contribution >= 4 is 17.3 Å². The minimum Gasteiger partial charge on any atom is -0.370 e. The summed E-state index contributed by atoms with van der Waals surface area (Å²) in [7, 11) is 2.02. The molecule has 122 valence electrons. The average molecular weight is 318 g/mol. The first-order valence-electron chi connectivity index (χ1n) is 8.14. The molecule has 0 radical (unpaired) electrons. The Balaban J connectivity index is 1.69. The fourth-order valence-corrected chi connectivity index (χ4v) is 2.58. The van der Waals surface area contributed by atoms with E-state index in [4.69, 9.17) is 0 Å². The van der Waals surface area contributed by atoms with E-state index >= 15 is 0 Å². The monoisotopic (exact) mass is 318 g/mol. The van der Waals surface area contributed by atoms with E-state index in [2.05, 4.69) is 56.6 Å². The van der Waals surface area contributed by atoms with Gasteiger partial charge >= 0.3 is 0 Å². The Labute approximate surface area is 143 Å². The van der Waals surface area contributed by atoms with E-state index in [0.717, 1.165) is 36.1 Å². The summed E-state index contributed by atoms with van der Waals surface area (Å²) in [6, 6.07) is 22.6. The van der Waals surface area contributed by atoms with Crippen LogP contribution in [0.5, 0.6) is 0 Å². The van der Waals surface area contributed by atoms with Crippen LogP contribution in [0.25, 0.3) is 0 Å². The summed E-state index contributed by atoms with van der Waals surface area (Å²) in [5.41, 5.74) is 2.42. The first-order valence-corrected chi connectivity index (χ1v) is 8.14. The molecule has 0 spiro atoms. The van der Waals surface area contributed by atoms with Gasteiger partial charge in [-0.3, -0.25) is 0 Å². The molecule has 24 heavy (non-hydrogen) atoms. The Hall–Kier alpha value is -2.88. The second-order valence-electron chi connectivity index (χ2n) is 5.72. The van der Waals surface area contributed by atoms with Gasteiger partial charge in [0.05, 0.1) is 0 Å². The maximum atomic E-state index is 4.55. The van der Waals surface area contributed by atoms with E-state index in [9.17, 15) is 0 Å². The Bertz CT molecular complexity index is 772. The number of hydrogen-bond donors (Lipinski definition) is 1. The quantitative estimate of drug-likeness (QED) is 0.739. The summed E-state index contributed by atoms with van der Waals surface area (Å²) in [6.45, 7) is 2.76. The van der Waals surface area contributed by atoms with E-state index in [-0.39, 0.29) is 0 Å². The molecule has 0 amide bonds. The van der Waals surface area contributed by atoms with Crippen molar-refractivity contribution in [3.05, 3.63) is 78.1 Å². The SMILES string of the molecule is Cc1nc(NCCc2ccccc2)cc(N(C)c2ccccc2)n1. The van der Waals surface area contributed by atoms with Crippen LogP contribution < -0.4 is 10.2 Å². The molecule has 3 rings (SSSR count). The minimum atomic E-state index is 0.762. The molecule has 0 fully saturated rings. The zero-order valence-corrected chi connectivity index (χ0v) is 14.1. The van der Waals surface area contributed by atoms with Gasteiger partial charge < -0.3 is 10.2 Å². The zero-order chi connectivity index (χ0) is 16.8. The molecular formula is C20H22N4. The average Bonchev–Trinajstić information content (AvgIpc) is 2.62. The zero-order valence-electron chi connectivity index (χ0n) is 14.1. The molecule has 1 heterocycles. The van der Waals surface area contributed by atoms with Gasteiger partial charge in [0.25, 0.3) is 0 Å². The second kappa shape index (κ2) is 7.59. The summed E-state index contributed by atoms with van der Waals surface area (Å²) in [5, 5.41) is 3.40. The normalized spacial score (nSPS) is 10.4. The summed E-state index contributed by atoms with van der Waals surface area (Å²) >= 11 is 0. The van der Waals surface area contributed by atoms with Gasteiger partial charge in [0, 0.05) is 25.3 Å². The summed E-state index contributed by atoms with van der Waals surface area (Å²) in [6.07, 6.45) is 0.966. The predicted octanol–water partition coefficient (Wildman–Crippen LogP) is 4.21. The lowest BCUT2D eigenvalue weighted by Gasteiger charge is -2.19. The maximum absolute atomic E-state index is 4.55. The Kier molecular flexibility index (Phi) is 5.06. The highest BCUT2D eigenvalue weighted by Crippen LogP contribution is 2.23. The van der Waals surface area contributed by atoms with Gasteiger partial charge in [-0.15, -0.1) is 0 Å². The molecule has 1 N–H and O–H groups in total. The van der Waals surface area contributed by atoms with E-state index in [1.54, 1.807) is 0 Å². The van der Waals surface area contributed by atoms with Gasteiger partial charge in [-0.1, -0.05) is 48.5 Å². The summed E-state index contributed by atoms with van der Waals surface area (Å²) in [5.74, 6) is 2.50. The predicted molar refractivity (Wildman–Crippen MR) is 99.9 cm³/mol. The van der Waals surface area contributed by atoms with Crippen LogP contribution in [0.4, 0.5) is 17.3 Å². The molecule has 0 saturated carbocycles. The smallest absolute Gasteiger partial charge is 0.138 e. The Morgan fingerprint density at radius 3 is 2.29 bits per heavy atom. The van der Waals surface area contributed by atoms with Crippen LogP contribution in [-0.2, 0) is 6.42 Å². The molecule has 0 aliphatic rings. The van der Waals surface area contributed by atoms with Gasteiger partial charge in [-0.05, 0) is 31.0 Å². The van der Waals surface area contributed by atoms with E-state index in [1.807, 2.05) is 44.3 Å². The molecule has 4 nitrogen and oxygen atoms in total. The molecule has 0 bridgehead atoms. The summed E-state index contributed by atoms with van der Waals surface area (Å²) < 4.78 is 0. The lowest BCUT2D eigenvalue weighted by atomic mass is 10.1. The number of rotatable bonds is 6. The standard InChI is InChI=1S/C20H22N4/c1-16-22-19(21-14-13-17-9-5-3-6-10-17)15-20(23-16)24(2)18-11-7-4-8-12-18/h3-12,15H,13-14H2,1-2H3,(H,21,22,23). The van der Waals surface area contributed by atoms with Crippen molar-refractivity contribution in [2.75, 3.05) is 23.8 Å². The topological polar surface area (TPSA) is 41.1 Å². The lowest BCUT2D eigenvalue weighted by molar-refractivity contribution is 0.970. The Morgan fingerprint density at radius 1 is 0.917 bits per heavy atom. The molecule has 0 saturated heterocycles. The highest BCUT2D eigenvalue weighted by Gasteiger charge is 2.08. The highest BCUT2D eigenvalue weighted by molar-refractivity contribution is 5.61. The van der Waals surface area contributed by atoms with Gasteiger partial charge in [0.2, 0.25) is 0 Å². The van der Waals surface area contributed by atoms with Gasteiger partial charge in [0.15, 0.2) is 0 Å². The molecule has 3 aromatic rings. The van der Waals surface area contributed by atoms with Gasteiger partial charge in [0.1, 0.15) is 17.5 Å². The van der Waals surface area contributed by atoms with Crippen molar-refractivity contribution in [3.8, 4) is 0 Å². The van der Waals surface area contributed by atoms with Crippen LogP contribution in [0.15, 0.2) is 66.7 Å². The van der Waals surface area contributed by atoms with E-state index < -0.39 is 0 Å². The van der Waals surface area contributed by atoms with Crippen molar-refractivity contribution < 1.29 is 0 Å². The number of hydrogen-bond acceptors (Lipinski definition) is 4. The fourth-order valence-electron chi connectivity index (χ4n) is 2.58. The number of aryl methyl sites for hydroxylation is 1. The van der Waals surface area contributed by atoms with Crippen LogP contribution in [-0.4, -0.2) is 23.6 Å². The molecule has 0 aliphatic heterocycles. The first-order chi connectivity index (χ1) is 11.7. The van der Waals surface area contributed by atoms with Crippen molar-refractivity contribution in [2.24, 2.45) is 0 Å². The first kappa shape index (κ1) is 16.0. The van der Waals surface area contributed by atoms with Crippen LogP contribution in [0, 0.1) is 6.92 Å². The third-order valence-electron chi connectivity index (χ3n) is 3.87. The maximum Gasteiger partial charge on any atom is 0.138 e. The minimum absolute atomic E-state index is 0.762. The summed E-state index contributed by atoms with van der Waals surface area (Å²) in [4.78, 5) is 11.1. The highest BCUT2D eigenvalue weighted by atomic mass is 15.2. The molecular weight excluding hydrogens is 296 g/mol. The van der Waals surface area contributed by atoms with Crippen LogP contribution in [0.3, 0.4) is 0 Å². The molecule has 1 aromatic heterocycles. The van der Waals surface area contributed by atoms with Crippen LogP contribution in [0.1, 0.15) is 11.4 Å². The third kappa shape index (κ3) is 4.10. The van der Waals surface area contributed by atoms with Crippen molar-refractivity contribution in [3.63, 3.8) is 0 Å². The Morgan fingerprint density at radius 2 is 1.58 bits per heavy atom. The second-order valence-corrected chi connectivity index (χ2v) is 5.72. The van der Waals surface area contributed by atoms with E-state index in [0.29, 0.717) is 0 Å². The number of nitrogens with one attached hydrogen (secondary N) is 1. The van der Waals surface area contributed by atoms with E-state index in [1.165, 1.54) is 5.56 Å². The molecule has 0 unspecified atom stereocenters. The number of benzene rings is 2. The van der Waals surface area contributed by atoms with Crippen molar-refractivity contribution in [2.45, 2.75) is 13.3 Å². The number of aromatic nitrogens is 2. The largest absolute Gasteiger partial charge is 0.370 e. The molecule has 0 aliphatic carbocycles. The fraction of sp³-hybridized carbons (Fsp3) is 0.200. The van der Waals surface area contributed by atoms with Crippen LogP contribution in [0.2, 0.25) is 0 Å². The molecule has 2 aromatic carbocycles. The van der Waals surface area contributed by atoms with Gasteiger partial charge in [-0.2, -0.15) is 0 Å².